The Balaban J connectivity index is 2.14. The Kier molecular flexibility index (Phi) is 2.12. The van der Waals surface area contributed by atoms with Crippen LogP contribution in [0.5, 0.6) is 0 Å². The predicted molar refractivity (Wildman–Crippen MR) is 54.5 cm³/mol. The summed E-state index contributed by atoms with van der Waals surface area (Å²) in [6.45, 7) is 0. The number of terminal acetylenes is 1. The quantitative estimate of drug-likeness (QED) is 0.397. The SMILES string of the molecule is C#CC1=CC=C(C2(NN=N)CC2)CC1. The summed E-state index contributed by atoms with van der Waals surface area (Å²) in [5.41, 5.74) is 12.1. The maximum Gasteiger partial charge on any atom is 0.0779 e. The maximum atomic E-state index is 6.83. The van der Waals surface area contributed by atoms with Crippen LogP contribution < -0.4 is 5.43 Å². The monoisotopic (exact) mass is 187 g/mol. The molecule has 0 heterocycles. The Bertz CT molecular complexity index is 353. The highest BCUT2D eigenvalue weighted by molar-refractivity contribution is 5.40. The van der Waals surface area contributed by atoms with Gasteiger partial charge in [0.1, 0.15) is 0 Å². The maximum absolute atomic E-state index is 6.83. The van der Waals surface area contributed by atoms with E-state index in [-0.39, 0.29) is 5.54 Å². The van der Waals surface area contributed by atoms with Crippen molar-refractivity contribution in [3.8, 4) is 12.3 Å². The van der Waals surface area contributed by atoms with Gasteiger partial charge in [0.25, 0.3) is 0 Å². The second kappa shape index (κ2) is 3.30. The van der Waals surface area contributed by atoms with Crippen LogP contribution in [0.3, 0.4) is 0 Å². The topological polar surface area (TPSA) is 48.2 Å². The Morgan fingerprint density at radius 2 is 2.21 bits per heavy atom. The van der Waals surface area contributed by atoms with Crippen LogP contribution in [-0.4, -0.2) is 5.54 Å². The minimum atomic E-state index is -0.00161. The van der Waals surface area contributed by atoms with Gasteiger partial charge in [0.15, 0.2) is 0 Å². The molecule has 3 heteroatoms. The van der Waals surface area contributed by atoms with E-state index in [0.29, 0.717) is 0 Å². The average Bonchev–Trinajstić information content (AvgIpc) is 3.00. The fourth-order valence-electron chi connectivity index (χ4n) is 1.89. The van der Waals surface area contributed by atoms with E-state index in [1.54, 1.807) is 0 Å². The normalized spacial score (nSPS) is 22.8. The van der Waals surface area contributed by atoms with E-state index in [2.05, 4.69) is 22.6 Å². The summed E-state index contributed by atoms with van der Waals surface area (Å²) < 4.78 is 0. The molecule has 0 aromatic carbocycles. The van der Waals surface area contributed by atoms with Crippen LogP contribution in [0.1, 0.15) is 25.7 Å². The second-order valence-electron chi connectivity index (χ2n) is 3.83. The van der Waals surface area contributed by atoms with Crippen molar-refractivity contribution in [3.05, 3.63) is 23.3 Å². The molecule has 0 saturated heterocycles. The van der Waals surface area contributed by atoms with E-state index in [0.717, 1.165) is 31.3 Å². The molecular formula is C11H13N3. The van der Waals surface area contributed by atoms with Gasteiger partial charge in [0, 0.05) is 5.57 Å². The van der Waals surface area contributed by atoms with Gasteiger partial charge in [0.2, 0.25) is 0 Å². The molecule has 0 aromatic heterocycles. The van der Waals surface area contributed by atoms with Gasteiger partial charge in [-0.2, -0.15) is 5.53 Å². The summed E-state index contributed by atoms with van der Waals surface area (Å²) in [6.07, 6.45) is 13.5. The number of hydrogen-bond acceptors (Lipinski definition) is 2. The van der Waals surface area contributed by atoms with Gasteiger partial charge >= 0.3 is 0 Å². The van der Waals surface area contributed by atoms with Crippen molar-refractivity contribution in [1.29, 1.82) is 5.53 Å². The highest BCUT2D eigenvalue weighted by Crippen LogP contribution is 2.45. The van der Waals surface area contributed by atoms with Crippen LogP contribution >= 0.6 is 0 Å². The fraction of sp³-hybridized carbons (Fsp3) is 0.455. The lowest BCUT2D eigenvalue weighted by atomic mass is 9.92. The highest BCUT2D eigenvalue weighted by Gasteiger charge is 2.46. The van der Waals surface area contributed by atoms with Crippen LogP contribution in [0.15, 0.2) is 28.5 Å². The van der Waals surface area contributed by atoms with Gasteiger partial charge in [-0.3, -0.25) is 5.43 Å². The first-order valence-electron chi connectivity index (χ1n) is 4.81. The van der Waals surface area contributed by atoms with Crippen molar-refractivity contribution >= 4 is 0 Å². The average molecular weight is 187 g/mol. The standard InChI is InChI=1S/C11H13N3/c1-2-9-3-5-10(6-4-9)11(7-8-11)13-14-12/h1,3,5H,4,6-8H2,(H2,12,13). The van der Waals surface area contributed by atoms with Gasteiger partial charge in [-0.25, -0.2) is 0 Å². The number of nitrogens with zero attached hydrogens (tertiary/aromatic N) is 1. The van der Waals surface area contributed by atoms with Crippen molar-refractivity contribution in [3.63, 3.8) is 0 Å². The van der Waals surface area contributed by atoms with Crippen LogP contribution in [0.2, 0.25) is 0 Å². The molecule has 0 spiro atoms. The molecule has 0 aromatic rings. The van der Waals surface area contributed by atoms with E-state index >= 15 is 0 Å². The number of nitrogens with one attached hydrogen (secondary N) is 2. The molecule has 2 aliphatic rings. The number of rotatable bonds is 3. The molecule has 0 radical (unpaired) electrons. The summed E-state index contributed by atoms with van der Waals surface area (Å²) >= 11 is 0. The smallest absolute Gasteiger partial charge is 0.0779 e. The molecule has 1 saturated carbocycles. The van der Waals surface area contributed by atoms with Gasteiger partial charge in [-0.15, -0.1) is 6.42 Å². The zero-order valence-corrected chi connectivity index (χ0v) is 8.01. The Morgan fingerprint density at radius 3 is 2.64 bits per heavy atom. The zero-order valence-electron chi connectivity index (χ0n) is 8.01. The Labute approximate surface area is 83.8 Å². The van der Waals surface area contributed by atoms with E-state index < -0.39 is 0 Å². The lowest BCUT2D eigenvalue weighted by Crippen LogP contribution is -2.28. The number of hydrogen-bond donors (Lipinski definition) is 2. The van der Waals surface area contributed by atoms with E-state index in [1.165, 1.54) is 5.57 Å². The van der Waals surface area contributed by atoms with Gasteiger partial charge < -0.3 is 0 Å². The molecule has 3 nitrogen and oxygen atoms in total. The summed E-state index contributed by atoms with van der Waals surface area (Å²) in [5, 5.41) is 3.28. The van der Waals surface area contributed by atoms with Crippen molar-refractivity contribution in [2.24, 2.45) is 5.22 Å². The summed E-state index contributed by atoms with van der Waals surface area (Å²) in [6, 6.07) is 0. The van der Waals surface area contributed by atoms with Gasteiger partial charge in [-0.05, 0) is 31.3 Å². The first kappa shape index (κ1) is 9.01. The largest absolute Gasteiger partial charge is 0.282 e. The lowest BCUT2D eigenvalue weighted by Gasteiger charge is -2.20. The molecule has 14 heavy (non-hydrogen) atoms. The summed E-state index contributed by atoms with van der Waals surface area (Å²) in [5.74, 6) is 2.66. The van der Waals surface area contributed by atoms with Crippen molar-refractivity contribution < 1.29 is 0 Å². The molecule has 0 unspecified atom stereocenters. The third-order valence-electron chi connectivity index (χ3n) is 2.97. The first-order chi connectivity index (χ1) is 6.80. The molecule has 0 aliphatic heterocycles. The van der Waals surface area contributed by atoms with Crippen molar-refractivity contribution in [2.75, 3.05) is 0 Å². The van der Waals surface area contributed by atoms with Crippen LogP contribution in [-0.2, 0) is 0 Å². The Morgan fingerprint density at radius 1 is 1.43 bits per heavy atom. The summed E-state index contributed by atoms with van der Waals surface area (Å²) in [7, 11) is 0. The minimum Gasteiger partial charge on any atom is -0.282 e. The second-order valence-corrected chi connectivity index (χ2v) is 3.83. The van der Waals surface area contributed by atoms with Crippen molar-refractivity contribution in [2.45, 2.75) is 31.2 Å². The molecule has 0 amide bonds. The lowest BCUT2D eigenvalue weighted by molar-refractivity contribution is 0.532. The molecule has 2 aliphatic carbocycles. The highest BCUT2D eigenvalue weighted by atomic mass is 15.4. The van der Waals surface area contributed by atoms with E-state index in [4.69, 9.17) is 12.0 Å². The van der Waals surface area contributed by atoms with Gasteiger partial charge in [-0.1, -0.05) is 23.3 Å². The van der Waals surface area contributed by atoms with E-state index in [9.17, 15) is 0 Å². The van der Waals surface area contributed by atoms with Crippen LogP contribution in [0.4, 0.5) is 0 Å². The fourth-order valence-corrected chi connectivity index (χ4v) is 1.89. The third kappa shape index (κ3) is 1.44. The molecule has 2 rings (SSSR count). The van der Waals surface area contributed by atoms with Crippen LogP contribution in [0, 0.1) is 17.9 Å². The Hall–Kier alpha value is -1.56. The predicted octanol–water partition coefficient (Wildman–Crippen LogP) is 2.33. The molecule has 0 atom stereocenters. The molecule has 72 valence electrons. The summed E-state index contributed by atoms with van der Waals surface area (Å²) in [4.78, 5) is 0. The third-order valence-corrected chi connectivity index (χ3v) is 2.97. The number of allylic oxidation sites excluding steroid dienone is 3. The first-order valence-corrected chi connectivity index (χ1v) is 4.81. The molecule has 2 N–H and O–H groups in total. The molecular weight excluding hydrogens is 174 g/mol. The van der Waals surface area contributed by atoms with Crippen molar-refractivity contribution in [1.82, 2.24) is 5.43 Å². The zero-order chi connectivity index (χ0) is 10.0. The molecule has 0 bridgehead atoms. The molecule has 1 fully saturated rings. The minimum absolute atomic E-state index is 0.00161. The van der Waals surface area contributed by atoms with E-state index in [1.807, 2.05) is 6.08 Å². The van der Waals surface area contributed by atoms with Crippen LogP contribution in [0.25, 0.3) is 0 Å². The van der Waals surface area contributed by atoms with Gasteiger partial charge in [0.05, 0.1) is 5.54 Å².